The lowest BCUT2D eigenvalue weighted by Gasteiger charge is -1.97. The fraction of sp³-hybridized carbons (Fsp3) is 0. The summed E-state index contributed by atoms with van der Waals surface area (Å²) in [7, 11) is 0. The molecular formula is C5H3Cl3N2. The van der Waals surface area contributed by atoms with Gasteiger partial charge in [-0.2, -0.15) is 0 Å². The van der Waals surface area contributed by atoms with Crippen molar-refractivity contribution in [1.82, 2.24) is 4.98 Å². The van der Waals surface area contributed by atoms with E-state index in [0.717, 1.165) is 0 Å². The summed E-state index contributed by atoms with van der Waals surface area (Å²) in [5, 5.41) is 0.652. The first-order valence-corrected chi connectivity index (χ1v) is 3.51. The van der Waals surface area contributed by atoms with Crippen molar-refractivity contribution in [3.05, 3.63) is 21.4 Å². The molecule has 54 valence electrons. The van der Waals surface area contributed by atoms with Gasteiger partial charge in [0.15, 0.2) is 5.15 Å². The number of anilines is 1. The molecule has 10 heavy (non-hydrogen) atoms. The van der Waals surface area contributed by atoms with E-state index in [0.29, 0.717) is 10.7 Å². The van der Waals surface area contributed by atoms with E-state index in [1.807, 2.05) is 0 Å². The maximum atomic E-state index is 5.55. The zero-order valence-electron chi connectivity index (χ0n) is 4.74. The maximum Gasteiger partial charge on any atom is 0.153 e. The highest BCUT2D eigenvalue weighted by atomic mass is 35.5. The minimum Gasteiger partial charge on any atom is -0.396 e. The summed E-state index contributed by atoms with van der Waals surface area (Å²) in [6.07, 6.45) is 0. The van der Waals surface area contributed by atoms with Crippen LogP contribution in [0.2, 0.25) is 15.3 Å². The Morgan fingerprint density at radius 1 is 1.20 bits per heavy atom. The third-order valence-corrected chi connectivity index (χ3v) is 1.89. The summed E-state index contributed by atoms with van der Waals surface area (Å²) in [5.74, 6) is 0. The highest BCUT2D eigenvalue weighted by molar-refractivity contribution is 6.42. The molecule has 1 aromatic rings. The van der Waals surface area contributed by atoms with Crippen molar-refractivity contribution in [2.75, 3.05) is 5.73 Å². The number of rotatable bonds is 0. The van der Waals surface area contributed by atoms with Crippen molar-refractivity contribution >= 4 is 40.5 Å². The van der Waals surface area contributed by atoms with E-state index in [4.69, 9.17) is 40.5 Å². The lowest BCUT2D eigenvalue weighted by molar-refractivity contribution is 1.33. The summed E-state index contributed by atoms with van der Waals surface area (Å²) in [4.78, 5) is 3.65. The number of aromatic nitrogens is 1. The number of hydrogen-bond acceptors (Lipinski definition) is 2. The van der Waals surface area contributed by atoms with Crippen LogP contribution < -0.4 is 5.73 Å². The highest BCUT2D eigenvalue weighted by Crippen LogP contribution is 2.26. The molecule has 0 aliphatic rings. The average molecular weight is 197 g/mol. The molecule has 0 saturated carbocycles. The Morgan fingerprint density at radius 2 is 1.80 bits per heavy atom. The normalized spacial score (nSPS) is 9.90. The second kappa shape index (κ2) is 2.82. The predicted molar refractivity (Wildman–Crippen MR) is 43.7 cm³/mol. The van der Waals surface area contributed by atoms with Crippen molar-refractivity contribution < 1.29 is 0 Å². The van der Waals surface area contributed by atoms with Crippen molar-refractivity contribution in [3.63, 3.8) is 0 Å². The lowest BCUT2D eigenvalue weighted by Crippen LogP contribution is -1.89. The minimum absolute atomic E-state index is 0.167. The molecule has 0 fully saturated rings. The molecule has 0 radical (unpaired) electrons. The Bertz CT molecular complexity index is 211. The first kappa shape index (κ1) is 7.92. The van der Waals surface area contributed by atoms with Crippen LogP contribution in [0.15, 0.2) is 6.07 Å². The van der Waals surface area contributed by atoms with Crippen molar-refractivity contribution in [2.24, 2.45) is 0 Å². The molecule has 0 atom stereocenters. The molecule has 2 N–H and O–H groups in total. The van der Waals surface area contributed by atoms with E-state index in [1.165, 1.54) is 6.07 Å². The van der Waals surface area contributed by atoms with E-state index in [1.54, 1.807) is 0 Å². The second-order valence-electron chi connectivity index (χ2n) is 1.64. The van der Waals surface area contributed by atoms with E-state index in [2.05, 4.69) is 4.98 Å². The third-order valence-electron chi connectivity index (χ3n) is 0.914. The zero-order chi connectivity index (χ0) is 7.72. The summed E-state index contributed by atoms with van der Waals surface area (Å²) in [6, 6.07) is 1.46. The van der Waals surface area contributed by atoms with Gasteiger partial charge >= 0.3 is 0 Å². The van der Waals surface area contributed by atoms with Crippen LogP contribution in [0.4, 0.5) is 5.69 Å². The molecule has 0 aliphatic carbocycles. The molecule has 0 unspecified atom stereocenters. The van der Waals surface area contributed by atoms with Gasteiger partial charge in [-0.05, 0) is 6.07 Å². The molecule has 2 nitrogen and oxygen atoms in total. The molecule has 0 saturated heterocycles. The van der Waals surface area contributed by atoms with Crippen LogP contribution in [0.25, 0.3) is 0 Å². The van der Waals surface area contributed by atoms with Crippen molar-refractivity contribution in [3.8, 4) is 0 Å². The molecule has 0 aromatic carbocycles. The van der Waals surface area contributed by atoms with E-state index in [-0.39, 0.29) is 10.3 Å². The average Bonchev–Trinajstić information content (AvgIpc) is 1.84. The number of pyridine rings is 1. The van der Waals surface area contributed by atoms with Gasteiger partial charge in [0.1, 0.15) is 5.15 Å². The molecule has 0 bridgehead atoms. The number of halogens is 3. The first-order chi connectivity index (χ1) is 4.61. The standard InChI is InChI=1S/C5H3Cl3N2/c6-2-1-3(9)5(8)10-4(2)7/h1H,9H2. The summed E-state index contributed by atoms with van der Waals surface area (Å²) in [5.41, 5.74) is 5.68. The number of hydrogen-bond donors (Lipinski definition) is 1. The Hall–Kier alpha value is -0.180. The fourth-order valence-corrected chi connectivity index (χ4v) is 0.941. The number of nitrogens with two attached hydrogens (primary N) is 1. The lowest BCUT2D eigenvalue weighted by atomic mass is 10.4. The van der Waals surface area contributed by atoms with Gasteiger partial charge in [-0.1, -0.05) is 34.8 Å². The van der Waals surface area contributed by atoms with Gasteiger partial charge in [-0.3, -0.25) is 0 Å². The molecule has 0 aliphatic heterocycles. The highest BCUT2D eigenvalue weighted by Gasteiger charge is 2.03. The minimum atomic E-state index is 0.167. The van der Waals surface area contributed by atoms with Crippen molar-refractivity contribution in [1.29, 1.82) is 0 Å². The van der Waals surface area contributed by atoms with Crippen LogP contribution in [0.1, 0.15) is 0 Å². The van der Waals surface area contributed by atoms with Gasteiger partial charge in [0, 0.05) is 0 Å². The predicted octanol–water partition coefficient (Wildman–Crippen LogP) is 2.62. The van der Waals surface area contributed by atoms with E-state index >= 15 is 0 Å². The van der Waals surface area contributed by atoms with Crippen LogP contribution in [-0.2, 0) is 0 Å². The SMILES string of the molecule is Nc1cc(Cl)c(Cl)nc1Cl. The van der Waals surface area contributed by atoms with Crippen LogP contribution in [0.5, 0.6) is 0 Å². The number of nitrogen functional groups attached to an aromatic ring is 1. The molecule has 0 amide bonds. The Balaban J connectivity index is 3.28. The molecule has 1 heterocycles. The van der Waals surface area contributed by atoms with Crippen LogP contribution in [0.3, 0.4) is 0 Å². The van der Waals surface area contributed by atoms with E-state index in [9.17, 15) is 0 Å². The Labute approximate surface area is 72.9 Å². The van der Waals surface area contributed by atoms with Crippen molar-refractivity contribution in [2.45, 2.75) is 0 Å². The number of nitrogens with zero attached hydrogens (tertiary/aromatic N) is 1. The van der Waals surface area contributed by atoms with Crippen LogP contribution in [-0.4, -0.2) is 4.98 Å². The molecular weight excluding hydrogens is 194 g/mol. The van der Waals surface area contributed by atoms with Crippen LogP contribution in [0, 0.1) is 0 Å². The topological polar surface area (TPSA) is 38.9 Å². The fourth-order valence-electron chi connectivity index (χ4n) is 0.460. The van der Waals surface area contributed by atoms with Gasteiger partial charge in [0.2, 0.25) is 0 Å². The largest absolute Gasteiger partial charge is 0.396 e. The molecule has 1 rings (SSSR count). The van der Waals surface area contributed by atoms with Gasteiger partial charge in [0.25, 0.3) is 0 Å². The first-order valence-electron chi connectivity index (χ1n) is 2.38. The van der Waals surface area contributed by atoms with Crippen LogP contribution >= 0.6 is 34.8 Å². The quantitative estimate of drug-likeness (QED) is 0.649. The van der Waals surface area contributed by atoms with Gasteiger partial charge in [0.05, 0.1) is 10.7 Å². The Kier molecular flexibility index (Phi) is 2.24. The second-order valence-corrected chi connectivity index (χ2v) is 2.76. The third kappa shape index (κ3) is 1.45. The van der Waals surface area contributed by atoms with Gasteiger partial charge < -0.3 is 5.73 Å². The zero-order valence-corrected chi connectivity index (χ0v) is 7.00. The Morgan fingerprint density at radius 3 is 2.30 bits per heavy atom. The molecule has 0 spiro atoms. The van der Waals surface area contributed by atoms with Gasteiger partial charge in [-0.15, -0.1) is 0 Å². The summed E-state index contributed by atoms with van der Waals surface area (Å²) < 4.78 is 0. The summed E-state index contributed by atoms with van der Waals surface area (Å²) in [6.45, 7) is 0. The smallest absolute Gasteiger partial charge is 0.153 e. The van der Waals surface area contributed by atoms with E-state index < -0.39 is 0 Å². The maximum absolute atomic E-state index is 5.55. The molecule has 5 heteroatoms. The monoisotopic (exact) mass is 196 g/mol. The molecule has 1 aromatic heterocycles. The van der Waals surface area contributed by atoms with Gasteiger partial charge in [-0.25, -0.2) is 4.98 Å². The summed E-state index contributed by atoms with van der Waals surface area (Å²) >= 11 is 16.6.